The van der Waals surface area contributed by atoms with E-state index < -0.39 is 0 Å². The standard InChI is InChI=1S/C21H25NO2/c1-5-19(18-11-10-15(2)16(3)14-18)22-21(23)13-12-17-8-6-7-9-20(17)24-4/h6-14,19H,5H2,1-4H3,(H,22,23)/b13-12+. The lowest BCUT2D eigenvalue weighted by atomic mass is 9.99. The van der Waals surface area contributed by atoms with Gasteiger partial charge in [0.15, 0.2) is 0 Å². The van der Waals surface area contributed by atoms with Crippen molar-refractivity contribution in [3.63, 3.8) is 0 Å². The maximum Gasteiger partial charge on any atom is 0.244 e. The molecule has 0 radical (unpaired) electrons. The van der Waals surface area contributed by atoms with E-state index in [0.29, 0.717) is 0 Å². The summed E-state index contributed by atoms with van der Waals surface area (Å²) in [5.41, 5.74) is 4.52. The van der Waals surface area contributed by atoms with Crippen molar-refractivity contribution in [2.24, 2.45) is 0 Å². The third kappa shape index (κ3) is 4.48. The van der Waals surface area contributed by atoms with Crippen molar-refractivity contribution in [3.05, 3.63) is 70.8 Å². The lowest BCUT2D eigenvalue weighted by molar-refractivity contribution is -0.117. The molecule has 3 heteroatoms. The Kier molecular flexibility index (Phi) is 6.19. The summed E-state index contributed by atoms with van der Waals surface area (Å²) in [7, 11) is 1.62. The van der Waals surface area contributed by atoms with Crippen molar-refractivity contribution in [3.8, 4) is 5.75 Å². The van der Waals surface area contributed by atoms with Crippen LogP contribution in [0.15, 0.2) is 48.5 Å². The van der Waals surface area contributed by atoms with Crippen LogP contribution in [-0.4, -0.2) is 13.0 Å². The second-order valence-electron chi connectivity index (χ2n) is 5.89. The van der Waals surface area contributed by atoms with E-state index in [4.69, 9.17) is 4.74 Å². The normalized spacial score (nSPS) is 12.2. The first-order valence-electron chi connectivity index (χ1n) is 8.24. The Morgan fingerprint density at radius 3 is 2.58 bits per heavy atom. The molecule has 0 saturated carbocycles. The van der Waals surface area contributed by atoms with E-state index in [2.05, 4.69) is 44.3 Å². The van der Waals surface area contributed by atoms with Gasteiger partial charge in [0.1, 0.15) is 5.75 Å². The zero-order valence-corrected chi connectivity index (χ0v) is 14.8. The predicted molar refractivity (Wildman–Crippen MR) is 99.1 cm³/mol. The van der Waals surface area contributed by atoms with Crippen molar-refractivity contribution in [1.29, 1.82) is 0 Å². The molecule has 0 aromatic heterocycles. The third-order valence-corrected chi connectivity index (χ3v) is 4.21. The van der Waals surface area contributed by atoms with Crippen LogP contribution in [0.2, 0.25) is 0 Å². The molecule has 0 fully saturated rings. The van der Waals surface area contributed by atoms with E-state index in [1.807, 2.05) is 24.3 Å². The van der Waals surface area contributed by atoms with Crippen LogP contribution in [-0.2, 0) is 4.79 Å². The molecule has 2 aromatic carbocycles. The number of aryl methyl sites for hydroxylation is 2. The van der Waals surface area contributed by atoms with Crippen LogP contribution in [0, 0.1) is 13.8 Å². The smallest absolute Gasteiger partial charge is 0.244 e. The SMILES string of the molecule is CCC(NC(=O)/C=C/c1ccccc1OC)c1ccc(C)c(C)c1. The molecule has 0 spiro atoms. The summed E-state index contributed by atoms with van der Waals surface area (Å²) in [5, 5.41) is 3.07. The van der Waals surface area contributed by atoms with E-state index in [1.165, 1.54) is 11.1 Å². The van der Waals surface area contributed by atoms with Gasteiger partial charge in [-0.15, -0.1) is 0 Å². The summed E-state index contributed by atoms with van der Waals surface area (Å²) in [6.07, 6.45) is 4.18. The first-order chi connectivity index (χ1) is 11.5. The molecular weight excluding hydrogens is 298 g/mol. The Bertz CT molecular complexity index is 734. The van der Waals surface area contributed by atoms with Gasteiger partial charge in [0.2, 0.25) is 5.91 Å². The molecule has 1 N–H and O–H groups in total. The topological polar surface area (TPSA) is 38.3 Å². The van der Waals surface area contributed by atoms with Gasteiger partial charge in [0, 0.05) is 11.6 Å². The Morgan fingerprint density at radius 1 is 1.17 bits per heavy atom. The molecule has 1 atom stereocenters. The highest BCUT2D eigenvalue weighted by atomic mass is 16.5. The van der Waals surface area contributed by atoms with Crippen LogP contribution in [0.1, 0.15) is 41.6 Å². The first-order valence-corrected chi connectivity index (χ1v) is 8.24. The summed E-state index contributed by atoms with van der Waals surface area (Å²) in [4.78, 5) is 12.3. The molecule has 0 saturated heterocycles. The van der Waals surface area contributed by atoms with Crippen LogP contribution < -0.4 is 10.1 Å². The van der Waals surface area contributed by atoms with Gasteiger partial charge in [-0.2, -0.15) is 0 Å². The maximum absolute atomic E-state index is 12.3. The zero-order valence-electron chi connectivity index (χ0n) is 14.8. The average molecular weight is 323 g/mol. The number of rotatable bonds is 6. The van der Waals surface area contributed by atoms with Gasteiger partial charge in [0.05, 0.1) is 13.2 Å². The number of nitrogens with one attached hydrogen (secondary N) is 1. The highest BCUT2D eigenvalue weighted by molar-refractivity contribution is 5.92. The Morgan fingerprint density at radius 2 is 1.92 bits per heavy atom. The molecule has 0 heterocycles. The molecule has 2 rings (SSSR count). The average Bonchev–Trinajstić information content (AvgIpc) is 2.60. The van der Waals surface area contributed by atoms with Gasteiger partial charge in [0.25, 0.3) is 0 Å². The number of carbonyl (C=O) groups excluding carboxylic acids is 1. The lowest BCUT2D eigenvalue weighted by Gasteiger charge is -2.17. The summed E-state index contributed by atoms with van der Waals surface area (Å²) in [6, 6.07) is 14.0. The van der Waals surface area contributed by atoms with Gasteiger partial charge < -0.3 is 10.1 Å². The molecule has 0 aliphatic rings. The number of ether oxygens (including phenoxy) is 1. The van der Waals surface area contributed by atoms with Crippen LogP contribution >= 0.6 is 0 Å². The van der Waals surface area contributed by atoms with E-state index in [9.17, 15) is 4.79 Å². The predicted octanol–water partition coefficient (Wildman–Crippen LogP) is 4.59. The van der Waals surface area contributed by atoms with E-state index >= 15 is 0 Å². The summed E-state index contributed by atoms with van der Waals surface area (Å²) in [6.45, 7) is 6.26. The fourth-order valence-corrected chi connectivity index (χ4v) is 2.59. The fraction of sp³-hybridized carbons (Fsp3) is 0.286. The van der Waals surface area contributed by atoms with E-state index in [-0.39, 0.29) is 11.9 Å². The largest absolute Gasteiger partial charge is 0.496 e. The molecule has 1 unspecified atom stereocenters. The molecular formula is C21H25NO2. The molecule has 24 heavy (non-hydrogen) atoms. The molecule has 126 valence electrons. The quantitative estimate of drug-likeness (QED) is 0.789. The first kappa shape index (κ1) is 17.8. The van der Waals surface area contributed by atoms with Crippen molar-refractivity contribution in [2.75, 3.05) is 7.11 Å². The van der Waals surface area contributed by atoms with Crippen molar-refractivity contribution < 1.29 is 9.53 Å². The second kappa shape index (κ2) is 8.34. The fourth-order valence-electron chi connectivity index (χ4n) is 2.59. The number of para-hydroxylation sites is 1. The number of carbonyl (C=O) groups is 1. The molecule has 0 bridgehead atoms. The number of benzene rings is 2. The number of hydrogen-bond acceptors (Lipinski definition) is 2. The van der Waals surface area contributed by atoms with Crippen molar-refractivity contribution in [1.82, 2.24) is 5.32 Å². The van der Waals surface area contributed by atoms with Crippen LogP contribution in [0.3, 0.4) is 0 Å². The zero-order chi connectivity index (χ0) is 17.5. The minimum atomic E-state index is -0.106. The molecule has 1 amide bonds. The molecule has 2 aromatic rings. The minimum Gasteiger partial charge on any atom is -0.496 e. The van der Waals surface area contributed by atoms with Crippen LogP contribution in [0.25, 0.3) is 6.08 Å². The Hall–Kier alpha value is -2.55. The van der Waals surface area contributed by atoms with Crippen LogP contribution in [0.5, 0.6) is 5.75 Å². The second-order valence-corrected chi connectivity index (χ2v) is 5.89. The van der Waals surface area contributed by atoms with Crippen molar-refractivity contribution >= 4 is 12.0 Å². The van der Waals surface area contributed by atoms with Gasteiger partial charge in [-0.25, -0.2) is 0 Å². The highest BCUT2D eigenvalue weighted by Gasteiger charge is 2.12. The van der Waals surface area contributed by atoms with Crippen molar-refractivity contribution in [2.45, 2.75) is 33.2 Å². The lowest BCUT2D eigenvalue weighted by Crippen LogP contribution is -2.26. The minimum absolute atomic E-state index is 0.0131. The van der Waals surface area contributed by atoms with Gasteiger partial charge in [-0.3, -0.25) is 4.79 Å². The van der Waals surface area contributed by atoms with Crippen LogP contribution in [0.4, 0.5) is 0 Å². The van der Waals surface area contributed by atoms with E-state index in [0.717, 1.165) is 23.3 Å². The van der Waals surface area contributed by atoms with Gasteiger partial charge >= 0.3 is 0 Å². The monoisotopic (exact) mass is 323 g/mol. The molecule has 0 aliphatic carbocycles. The van der Waals surface area contributed by atoms with Gasteiger partial charge in [-0.1, -0.05) is 43.3 Å². The molecule has 0 aliphatic heterocycles. The molecule has 3 nitrogen and oxygen atoms in total. The highest BCUT2D eigenvalue weighted by Crippen LogP contribution is 2.21. The van der Waals surface area contributed by atoms with E-state index in [1.54, 1.807) is 19.3 Å². The number of methoxy groups -OCH3 is 1. The van der Waals surface area contributed by atoms with Gasteiger partial charge in [-0.05, 0) is 49.1 Å². The Balaban J connectivity index is 2.09. The number of hydrogen-bond donors (Lipinski definition) is 1. The Labute approximate surface area is 144 Å². The number of amides is 1. The summed E-state index contributed by atoms with van der Waals surface area (Å²) < 4.78 is 5.29. The maximum atomic E-state index is 12.3. The summed E-state index contributed by atoms with van der Waals surface area (Å²) in [5.74, 6) is 0.647. The third-order valence-electron chi connectivity index (χ3n) is 4.21. The summed E-state index contributed by atoms with van der Waals surface area (Å²) >= 11 is 0.